The number of sulfonamides is 1. The van der Waals surface area contributed by atoms with Gasteiger partial charge in [0.15, 0.2) is 5.96 Å². The van der Waals surface area contributed by atoms with Crippen molar-refractivity contribution < 1.29 is 12.9 Å². The molecule has 1 fully saturated rings. The van der Waals surface area contributed by atoms with Gasteiger partial charge in [-0.15, -0.1) is 24.0 Å². The van der Waals surface area contributed by atoms with Gasteiger partial charge in [0.2, 0.25) is 10.0 Å². The van der Waals surface area contributed by atoms with Crippen molar-refractivity contribution in [1.29, 1.82) is 0 Å². The molecular weight excluding hydrogens is 507 g/mol. The third kappa shape index (κ3) is 6.37. The average Bonchev–Trinajstić information content (AvgIpc) is 3.19. The van der Waals surface area contributed by atoms with Crippen LogP contribution >= 0.6 is 24.0 Å². The van der Waals surface area contributed by atoms with E-state index in [4.69, 9.17) is 4.52 Å². The number of aromatic nitrogens is 2. The third-order valence-electron chi connectivity index (χ3n) is 4.78. The lowest BCUT2D eigenvalue weighted by molar-refractivity contribution is 0.260. The van der Waals surface area contributed by atoms with Crippen LogP contribution in [-0.4, -0.2) is 73.5 Å². The van der Waals surface area contributed by atoms with Crippen LogP contribution in [0.4, 0.5) is 0 Å². The van der Waals surface area contributed by atoms with Gasteiger partial charge in [0.1, 0.15) is 12.0 Å². The zero-order valence-electron chi connectivity index (χ0n) is 16.6. The summed E-state index contributed by atoms with van der Waals surface area (Å²) < 4.78 is 31.3. The maximum absolute atomic E-state index is 12.5. The minimum Gasteiger partial charge on any atom is -0.364 e. The van der Waals surface area contributed by atoms with Crippen molar-refractivity contribution >= 4 is 40.0 Å². The Bertz CT molecular complexity index is 896. The van der Waals surface area contributed by atoms with Crippen LogP contribution < -0.4 is 5.32 Å². The van der Waals surface area contributed by atoms with E-state index in [1.54, 1.807) is 19.3 Å². The largest absolute Gasteiger partial charge is 0.364 e. The molecule has 2 aromatic heterocycles. The Balaban J connectivity index is 0.00000300. The van der Waals surface area contributed by atoms with E-state index in [9.17, 15) is 8.42 Å². The van der Waals surface area contributed by atoms with Crippen molar-refractivity contribution in [3.63, 3.8) is 0 Å². The molecular formula is C18H27IN6O3S. The summed E-state index contributed by atoms with van der Waals surface area (Å²) in [6.45, 7) is 4.82. The molecule has 0 saturated carbocycles. The van der Waals surface area contributed by atoms with Crippen LogP contribution in [0.5, 0.6) is 0 Å². The summed E-state index contributed by atoms with van der Waals surface area (Å²) in [5.41, 5.74) is 2.85. The molecule has 2 aromatic rings. The summed E-state index contributed by atoms with van der Waals surface area (Å²) >= 11 is 0. The molecule has 1 aliphatic heterocycles. The van der Waals surface area contributed by atoms with Crippen molar-refractivity contribution in [2.75, 3.05) is 39.8 Å². The molecule has 3 rings (SSSR count). The summed E-state index contributed by atoms with van der Waals surface area (Å²) in [6.07, 6.45) is 5.92. The van der Waals surface area contributed by atoms with Crippen LogP contribution in [0.1, 0.15) is 16.8 Å². The molecule has 0 bridgehead atoms. The van der Waals surface area contributed by atoms with Gasteiger partial charge in [-0.1, -0.05) is 5.16 Å². The molecule has 0 aliphatic carbocycles. The van der Waals surface area contributed by atoms with E-state index in [1.165, 1.54) is 21.7 Å². The maximum Gasteiger partial charge on any atom is 0.220 e. The zero-order chi connectivity index (χ0) is 20.0. The first kappa shape index (κ1) is 23.5. The number of halogens is 1. The molecule has 0 unspecified atom stereocenters. The molecule has 0 aromatic carbocycles. The van der Waals surface area contributed by atoms with E-state index in [0.29, 0.717) is 31.9 Å². The summed E-state index contributed by atoms with van der Waals surface area (Å²) in [6, 6.07) is 3.60. The minimum absolute atomic E-state index is 0. The van der Waals surface area contributed by atoms with Gasteiger partial charge < -0.3 is 14.7 Å². The quantitative estimate of drug-likeness (QED) is 0.338. The number of aryl methyl sites for hydroxylation is 1. The zero-order valence-corrected chi connectivity index (χ0v) is 19.8. The molecule has 0 radical (unpaired) electrons. The van der Waals surface area contributed by atoms with Crippen molar-refractivity contribution in [1.82, 2.24) is 24.7 Å². The van der Waals surface area contributed by atoms with Crippen LogP contribution in [-0.2, 0) is 22.2 Å². The maximum atomic E-state index is 12.5. The fourth-order valence-corrected chi connectivity index (χ4v) is 4.62. The van der Waals surface area contributed by atoms with Gasteiger partial charge in [0.05, 0.1) is 5.69 Å². The normalized spacial score (nSPS) is 15.8. The van der Waals surface area contributed by atoms with E-state index in [2.05, 4.69) is 32.3 Å². The highest BCUT2D eigenvalue weighted by atomic mass is 127. The number of rotatable bonds is 6. The fraction of sp³-hybridized carbons (Fsp3) is 0.500. The summed E-state index contributed by atoms with van der Waals surface area (Å²) in [7, 11) is -1.66. The summed E-state index contributed by atoms with van der Waals surface area (Å²) in [5, 5.41) is 7.06. The molecule has 1 aliphatic rings. The average molecular weight is 534 g/mol. The highest BCUT2D eigenvalue weighted by Crippen LogP contribution is 2.13. The lowest BCUT2D eigenvalue weighted by Gasteiger charge is -2.35. The number of hydrogen-bond donors (Lipinski definition) is 1. The Hall–Kier alpha value is -1.73. The second-order valence-corrected chi connectivity index (χ2v) is 8.63. The van der Waals surface area contributed by atoms with Crippen LogP contribution in [0.2, 0.25) is 0 Å². The Kier molecular flexibility index (Phi) is 8.83. The van der Waals surface area contributed by atoms with E-state index in [0.717, 1.165) is 18.9 Å². The predicted molar refractivity (Wildman–Crippen MR) is 122 cm³/mol. The van der Waals surface area contributed by atoms with Gasteiger partial charge in [-0.25, -0.2) is 8.42 Å². The molecule has 3 heterocycles. The number of pyridine rings is 1. The molecule has 0 atom stereocenters. The molecule has 0 spiro atoms. The SMILES string of the molecule is CN=C(NCCc1ccncc1C)N1CCN(S(=O)(=O)Cc2ccon2)CC1.I. The molecule has 1 saturated heterocycles. The Morgan fingerprint density at radius 3 is 2.66 bits per heavy atom. The number of nitrogens with one attached hydrogen (secondary N) is 1. The second kappa shape index (κ2) is 10.9. The van der Waals surface area contributed by atoms with Crippen LogP contribution in [0, 0.1) is 6.92 Å². The van der Waals surface area contributed by atoms with Crippen LogP contribution in [0.25, 0.3) is 0 Å². The molecule has 29 heavy (non-hydrogen) atoms. The smallest absolute Gasteiger partial charge is 0.220 e. The van der Waals surface area contributed by atoms with Crippen molar-refractivity contribution in [2.24, 2.45) is 4.99 Å². The van der Waals surface area contributed by atoms with Gasteiger partial charge in [-0.2, -0.15) is 4.31 Å². The van der Waals surface area contributed by atoms with E-state index >= 15 is 0 Å². The topological polar surface area (TPSA) is 104 Å². The van der Waals surface area contributed by atoms with E-state index in [1.807, 2.05) is 12.3 Å². The highest BCUT2D eigenvalue weighted by molar-refractivity contribution is 14.0. The van der Waals surface area contributed by atoms with Gasteiger partial charge in [0.25, 0.3) is 0 Å². The minimum atomic E-state index is -3.40. The number of hydrogen-bond acceptors (Lipinski definition) is 6. The first-order valence-electron chi connectivity index (χ1n) is 9.22. The standard InChI is InChI=1S/C18H26N6O3S.HI/c1-15-13-20-6-3-16(15)4-7-21-18(19-2)23-8-10-24(11-9-23)28(25,26)14-17-5-12-27-22-17;/h3,5-6,12-13H,4,7-11,14H2,1-2H3,(H,19,21);1H. The highest BCUT2D eigenvalue weighted by Gasteiger charge is 2.28. The first-order chi connectivity index (χ1) is 13.5. The Labute approximate surface area is 188 Å². The first-order valence-corrected chi connectivity index (χ1v) is 10.8. The monoisotopic (exact) mass is 534 g/mol. The van der Waals surface area contributed by atoms with Gasteiger partial charge >= 0.3 is 0 Å². The van der Waals surface area contributed by atoms with Gasteiger partial charge in [0, 0.05) is 58.2 Å². The predicted octanol–water partition coefficient (Wildman–Crippen LogP) is 1.26. The van der Waals surface area contributed by atoms with Crippen molar-refractivity contribution in [3.05, 3.63) is 47.6 Å². The fourth-order valence-electron chi connectivity index (χ4n) is 3.19. The van der Waals surface area contributed by atoms with Gasteiger partial charge in [-0.05, 0) is 30.5 Å². The third-order valence-corrected chi connectivity index (χ3v) is 6.59. The Morgan fingerprint density at radius 2 is 2.03 bits per heavy atom. The van der Waals surface area contributed by atoms with Crippen molar-refractivity contribution in [2.45, 2.75) is 19.1 Å². The second-order valence-electron chi connectivity index (χ2n) is 6.66. The van der Waals surface area contributed by atoms with E-state index < -0.39 is 10.0 Å². The molecule has 11 heteroatoms. The molecule has 160 valence electrons. The lowest BCUT2D eigenvalue weighted by Crippen LogP contribution is -2.54. The molecule has 9 nitrogen and oxygen atoms in total. The molecule has 1 N–H and O–H groups in total. The number of aliphatic imine (C=N–C) groups is 1. The van der Waals surface area contributed by atoms with Crippen LogP contribution in [0.15, 0.2) is 40.3 Å². The lowest BCUT2D eigenvalue weighted by atomic mass is 10.1. The molecule has 0 amide bonds. The number of piperazine rings is 1. The number of nitrogens with zero attached hydrogens (tertiary/aromatic N) is 5. The van der Waals surface area contributed by atoms with E-state index in [-0.39, 0.29) is 29.7 Å². The summed E-state index contributed by atoms with van der Waals surface area (Å²) in [4.78, 5) is 10.5. The summed E-state index contributed by atoms with van der Waals surface area (Å²) in [5.74, 6) is 0.655. The Morgan fingerprint density at radius 1 is 1.28 bits per heavy atom. The van der Waals surface area contributed by atoms with Crippen molar-refractivity contribution in [3.8, 4) is 0 Å². The van der Waals surface area contributed by atoms with Gasteiger partial charge in [-0.3, -0.25) is 9.98 Å². The number of guanidine groups is 1. The van der Waals surface area contributed by atoms with Crippen LogP contribution in [0.3, 0.4) is 0 Å².